The number of benzene rings is 1. The van der Waals surface area contributed by atoms with Gasteiger partial charge < -0.3 is 9.47 Å². The topological polar surface area (TPSA) is 70.4 Å². The van der Waals surface area contributed by atoms with Crippen LogP contribution in [0.5, 0.6) is 0 Å². The number of nitrogens with zero attached hydrogens (tertiary/aromatic N) is 2. The van der Waals surface area contributed by atoms with E-state index in [1.807, 2.05) is 41.9 Å². The van der Waals surface area contributed by atoms with Crippen molar-refractivity contribution in [2.75, 3.05) is 6.61 Å². The van der Waals surface area contributed by atoms with E-state index in [2.05, 4.69) is 5.10 Å². The maximum absolute atomic E-state index is 12.3. The standard InChI is InChI=1S/C18H16N2O4S/c1-11-13-9-15(18(22)24-14-7-8-23-17(14)21)25-16(13)20(19-11)10-12-5-3-2-4-6-12/h2-6,9,14H,7-8,10H2,1H3. The summed E-state index contributed by atoms with van der Waals surface area (Å²) in [6.45, 7) is 2.85. The molecular weight excluding hydrogens is 340 g/mol. The van der Waals surface area contributed by atoms with Crippen molar-refractivity contribution in [1.29, 1.82) is 0 Å². The summed E-state index contributed by atoms with van der Waals surface area (Å²) in [6, 6.07) is 11.8. The number of hydrogen-bond donors (Lipinski definition) is 0. The molecule has 1 unspecified atom stereocenters. The van der Waals surface area contributed by atoms with E-state index in [4.69, 9.17) is 9.47 Å². The van der Waals surface area contributed by atoms with Crippen LogP contribution in [-0.4, -0.2) is 34.4 Å². The Kier molecular flexibility index (Phi) is 4.01. The van der Waals surface area contributed by atoms with Crippen molar-refractivity contribution >= 4 is 33.5 Å². The number of thiophene rings is 1. The van der Waals surface area contributed by atoms with Gasteiger partial charge in [-0.25, -0.2) is 9.59 Å². The fraction of sp³-hybridized carbons (Fsp3) is 0.278. The summed E-state index contributed by atoms with van der Waals surface area (Å²) in [7, 11) is 0. The molecule has 1 aliphatic rings. The minimum absolute atomic E-state index is 0.300. The van der Waals surface area contributed by atoms with Gasteiger partial charge in [-0.3, -0.25) is 4.68 Å². The molecule has 0 spiro atoms. The van der Waals surface area contributed by atoms with Crippen LogP contribution in [0.15, 0.2) is 36.4 Å². The van der Waals surface area contributed by atoms with E-state index in [1.54, 1.807) is 6.07 Å². The van der Waals surface area contributed by atoms with Gasteiger partial charge in [0.15, 0.2) is 0 Å². The summed E-state index contributed by atoms with van der Waals surface area (Å²) in [5, 5.41) is 5.49. The summed E-state index contributed by atoms with van der Waals surface area (Å²) in [6.07, 6.45) is -0.379. The van der Waals surface area contributed by atoms with E-state index < -0.39 is 18.0 Å². The molecule has 0 amide bonds. The molecular formula is C18H16N2O4S. The lowest BCUT2D eigenvalue weighted by Gasteiger charge is -2.06. The Balaban J connectivity index is 1.60. The van der Waals surface area contributed by atoms with E-state index in [9.17, 15) is 9.59 Å². The predicted molar refractivity (Wildman–Crippen MR) is 92.7 cm³/mol. The summed E-state index contributed by atoms with van der Waals surface area (Å²) in [5.74, 6) is -0.961. The molecule has 128 valence electrons. The fourth-order valence-corrected chi connectivity index (χ4v) is 3.89. The number of aryl methyl sites for hydroxylation is 1. The molecule has 4 rings (SSSR count). The molecule has 1 saturated heterocycles. The van der Waals surface area contributed by atoms with Crippen LogP contribution in [0.25, 0.3) is 10.2 Å². The van der Waals surface area contributed by atoms with Crippen LogP contribution in [0.4, 0.5) is 0 Å². The van der Waals surface area contributed by atoms with Gasteiger partial charge in [0.2, 0.25) is 6.10 Å². The fourth-order valence-electron chi connectivity index (χ4n) is 2.85. The van der Waals surface area contributed by atoms with Gasteiger partial charge in [0, 0.05) is 11.8 Å². The Morgan fingerprint density at radius 1 is 1.40 bits per heavy atom. The highest BCUT2D eigenvalue weighted by molar-refractivity contribution is 7.20. The van der Waals surface area contributed by atoms with Crippen LogP contribution < -0.4 is 0 Å². The van der Waals surface area contributed by atoms with Gasteiger partial charge in [0.25, 0.3) is 0 Å². The van der Waals surface area contributed by atoms with Gasteiger partial charge in [-0.1, -0.05) is 30.3 Å². The van der Waals surface area contributed by atoms with Crippen molar-refractivity contribution in [2.24, 2.45) is 0 Å². The molecule has 7 heteroatoms. The Bertz CT molecular complexity index is 945. The third kappa shape index (κ3) is 3.02. The molecule has 1 aromatic carbocycles. The molecule has 3 heterocycles. The number of ether oxygens (including phenoxy) is 2. The van der Waals surface area contributed by atoms with Crippen LogP contribution >= 0.6 is 11.3 Å². The van der Waals surface area contributed by atoms with Crippen molar-refractivity contribution in [3.8, 4) is 0 Å². The average molecular weight is 356 g/mol. The van der Waals surface area contributed by atoms with E-state index >= 15 is 0 Å². The molecule has 1 aliphatic heterocycles. The van der Waals surface area contributed by atoms with Crippen LogP contribution in [0.3, 0.4) is 0 Å². The summed E-state index contributed by atoms with van der Waals surface area (Å²) >= 11 is 1.33. The zero-order valence-corrected chi connectivity index (χ0v) is 14.4. The minimum Gasteiger partial charge on any atom is -0.463 e. The first-order valence-electron chi connectivity index (χ1n) is 8.00. The highest BCUT2D eigenvalue weighted by Crippen LogP contribution is 2.30. The zero-order valence-electron chi connectivity index (χ0n) is 13.6. The van der Waals surface area contributed by atoms with Gasteiger partial charge in [0.1, 0.15) is 9.71 Å². The van der Waals surface area contributed by atoms with Crippen molar-refractivity contribution < 1.29 is 19.1 Å². The average Bonchev–Trinajstić information content (AvgIpc) is 3.28. The number of esters is 2. The summed E-state index contributed by atoms with van der Waals surface area (Å²) < 4.78 is 12.0. The Hall–Kier alpha value is -2.67. The molecule has 25 heavy (non-hydrogen) atoms. The lowest BCUT2D eigenvalue weighted by Crippen LogP contribution is -2.22. The number of fused-ring (bicyclic) bond motifs is 1. The lowest BCUT2D eigenvalue weighted by atomic mass is 10.2. The minimum atomic E-state index is -0.792. The molecule has 1 fully saturated rings. The number of aromatic nitrogens is 2. The number of hydrogen-bond acceptors (Lipinski definition) is 6. The van der Waals surface area contributed by atoms with Gasteiger partial charge in [-0.05, 0) is 18.6 Å². The van der Waals surface area contributed by atoms with E-state index in [0.29, 0.717) is 24.4 Å². The smallest absolute Gasteiger partial charge is 0.349 e. The molecule has 6 nitrogen and oxygen atoms in total. The van der Waals surface area contributed by atoms with E-state index in [1.165, 1.54) is 11.3 Å². The van der Waals surface area contributed by atoms with Crippen molar-refractivity contribution in [2.45, 2.75) is 26.0 Å². The van der Waals surface area contributed by atoms with Gasteiger partial charge >= 0.3 is 11.9 Å². The van der Waals surface area contributed by atoms with Crippen molar-refractivity contribution in [3.63, 3.8) is 0 Å². The maximum atomic E-state index is 12.3. The van der Waals surface area contributed by atoms with Crippen LogP contribution in [0.2, 0.25) is 0 Å². The van der Waals surface area contributed by atoms with Crippen molar-refractivity contribution in [3.05, 3.63) is 52.5 Å². The van der Waals surface area contributed by atoms with E-state index in [0.717, 1.165) is 21.5 Å². The third-order valence-corrected chi connectivity index (χ3v) is 5.25. The van der Waals surface area contributed by atoms with Gasteiger partial charge in [0.05, 0.1) is 18.8 Å². The van der Waals surface area contributed by atoms with Crippen LogP contribution in [-0.2, 0) is 20.8 Å². The number of rotatable bonds is 4. The Morgan fingerprint density at radius 3 is 2.92 bits per heavy atom. The number of carbonyl (C=O) groups is 2. The van der Waals surface area contributed by atoms with Gasteiger partial charge in [-0.2, -0.15) is 5.10 Å². The monoisotopic (exact) mass is 356 g/mol. The summed E-state index contributed by atoms with van der Waals surface area (Å²) in [4.78, 5) is 25.2. The first-order chi connectivity index (χ1) is 12.1. The van der Waals surface area contributed by atoms with Crippen LogP contribution in [0.1, 0.15) is 27.3 Å². The molecule has 0 radical (unpaired) electrons. The second-order valence-electron chi connectivity index (χ2n) is 5.91. The predicted octanol–water partition coefficient (Wildman–Crippen LogP) is 2.93. The van der Waals surface area contributed by atoms with E-state index in [-0.39, 0.29) is 0 Å². The first kappa shape index (κ1) is 15.8. The number of carbonyl (C=O) groups excluding carboxylic acids is 2. The SMILES string of the molecule is Cc1nn(Cc2ccccc2)c2sc(C(=O)OC3CCOC3=O)cc12. The molecule has 3 aromatic rings. The quantitative estimate of drug-likeness (QED) is 0.672. The maximum Gasteiger partial charge on any atom is 0.349 e. The molecule has 2 aromatic heterocycles. The Morgan fingerprint density at radius 2 is 2.20 bits per heavy atom. The summed E-state index contributed by atoms with van der Waals surface area (Å²) in [5.41, 5.74) is 2.00. The molecule has 0 aliphatic carbocycles. The third-order valence-electron chi connectivity index (χ3n) is 4.12. The van der Waals surface area contributed by atoms with Crippen LogP contribution in [0, 0.1) is 6.92 Å². The molecule has 0 N–H and O–H groups in total. The molecule has 0 bridgehead atoms. The largest absolute Gasteiger partial charge is 0.463 e. The Labute approximate surface area is 148 Å². The van der Waals surface area contributed by atoms with Gasteiger partial charge in [-0.15, -0.1) is 11.3 Å². The lowest BCUT2D eigenvalue weighted by molar-refractivity contribution is -0.145. The normalized spacial score (nSPS) is 17.0. The molecule has 0 saturated carbocycles. The second kappa shape index (κ2) is 6.33. The highest BCUT2D eigenvalue weighted by Gasteiger charge is 2.31. The highest BCUT2D eigenvalue weighted by atomic mass is 32.1. The first-order valence-corrected chi connectivity index (χ1v) is 8.82. The second-order valence-corrected chi connectivity index (χ2v) is 6.94. The zero-order chi connectivity index (χ0) is 17.4. The van der Waals surface area contributed by atoms with Crippen molar-refractivity contribution in [1.82, 2.24) is 9.78 Å². The molecule has 1 atom stereocenters. The number of cyclic esters (lactones) is 1.